The van der Waals surface area contributed by atoms with Crippen LogP contribution in [0.4, 0.5) is 0 Å². The molecule has 3 aromatic rings. The molecule has 0 amide bonds. The summed E-state index contributed by atoms with van der Waals surface area (Å²) in [5.41, 5.74) is 3.82. The van der Waals surface area contributed by atoms with Crippen molar-refractivity contribution in [3.63, 3.8) is 0 Å². The van der Waals surface area contributed by atoms with E-state index in [0.717, 1.165) is 19.0 Å². The molecule has 0 N–H and O–H groups in total. The summed E-state index contributed by atoms with van der Waals surface area (Å²) in [6.45, 7) is 4.62. The van der Waals surface area contributed by atoms with Crippen LogP contribution in [0.3, 0.4) is 0 Å². The SMILES string of the molecule is C[C@@H]1CCN(C(c2ccccc2)(c2ccccc2)c2ccccc2)C1. The lowest BCUT2D eigenvalue weighted by molar-refractivity contribution is 0.193. The van der Waals surface area contributed by atoms with Crippen LogP contribution < -0.4 is 0 Å². The highest BCUT2D eigenvalue weighted by Crippen LogP contribution is 2.44. The summed E-state index contributed by atoms with van der Waals surface area (Å²) in [5, 5.41) is 0. The maximum Gasteiger partial charge on any atom is 0.0973 e. The Balaban J connectivity index is 2.01. The van der Waals surface area contributed by atoms with Crippen molar-refractivity contribution in [3.05, 3.63) is 108 Å². The molecule has 0 saturated carbocycles. The van der Waals surface area contributed by atoms with Gasteiger partial charge in [-0.05, 0) is 35.6 Å². The van der Waals surface area contributed by atoms with Gasteiger partial charge in [0.25, 0.3) is 0 Å². The standard InChI is InChI=1S/C24H25N/c1-20-17-18-25(19-20)24(21-11-5-2-6-12-21,22-13-7-3-8-14-22)23-15-9-4-10-16-23/h2-16,20H,17-19H2,1H3/t20-/m1/s1. The summed E-state index contributed by atoms with van der Waals surface area (Å²) < 4.78 is 0. The molecular weight excluding hydrogens is 302 g/mol. The first kappa shape index (κ1) is 16.1. The number of benzene rings is 3. The summed E-state index contributed by atoms with van der Waals surface area (Å²) in [4.78, 5) is 2.68. The maximum absolute atomic E-state index is 2.68. The molecule has 0 unspecified atom stereocenters. The Morgan fingerprint density at radius 3 is 1.40 bits per heavy atom. The van der Waals surface area contributed by atoms with Gasteiger partial charge in [0.2, 0.25) is 0 Å². The Bertz CT molecular complexity index is 699. The minimum absolute atomic E-state index is 0.228. The predicted octanol–water partition coefficient (Wildman–Crippen LogP) is 5.32. The van der Waals surface area contributed by atoms with Crippen molar-refractivity contribution in [2.75, 3.05) is 13.1 Å². The van der Waals surface area contributed by atoms with Crippen molar-refractivity contribution in [2.45, 2.75) is 18.9 Å². The molecular formula is C24H25N. The van der Waals surface area contributed by atoms with Crippen molar-refractivity contribution in [2.24, 2.45) is 5.92 Å². The van der Waals surface area contributed by atoms with E-state index in [-0.39, 0.29) is 5.54 Å². The summed E-state index contributed by atoms with van der Waals surface area (Å²) >= 11 is 0. The first-order chi connectivity index (χ1) is 12.3. The average Bonchev–Trinajstić information content (AvgIpc) is 3.12. The predicted molar refractivity (Wildman–Crippen MR) is 105 cm³/mol. The molecule has 0 aliphatic carbocycles. The molecule has 1 heteroatoms. The lowest BCUT2D eigenvalue weighted by Crippen LogP contribution is -2.46. The van der Waals surface area contributed by atoms with Gasteiger partial charge in [-0.1, -0.05) is 97.9 Å². The molecule has 1 fully saturated rings. The van der Waals surface area contributed by atoms with Crippen LogP contribution in [0.15, 0.2) is 91.0 Å². The average molecular weight is 327 g/mol. The molecule has 0 spiro atoms. The van der Waals surface area contributed by atoms with E-state index in [9.17, 15) is 0 Å². The number of rotatable bonds is 4. The van der Waals surface area contributed by atoms with Gasteiger partial charge in [0, 0.05) is 6.54 Å². The van der Waals surface area contributed by atoms with E-state index in [4.69, 9.17) is 0 Å². The van der Waals surface area contributed by atoms with Gasteiger partial charge < -0.3 is 0 Å². The topological polar surface area (TPSA) is 3.24 Å². The van der Waals surface area contributed by atoms with Gasteiger partial charge in [-0.15, -0.1) is 0 Å². The van der Waals surface area contributed by atoms with E-state index in [1.165, 1.54) is 23.1 Å². The van der Waals surface area contributed by atoms with Gasteiger partial charge >= 0.3 is 0 Å². The quantitative estimate of drug-likeness (QED) is 0.586. The molecule has 1 heterocycles. The Hall–Kier alpha value is -2.38. The van der Waals surface area contributed by atoms with Crippen LogP contribution in [0.5, 0.6) is 0 Å². The van der Waals surface area contributed by atoms with Crippen LogP contribution in [-0.4, -0.2) is 18.0 Å². The molecule has 3 aromatic carbocycles. The van der Waals surface area contributed by atoms with Crippen molar-refractivity contribution in [1.82, 2.24) is 4.90 Å². The molecule has 1 atom stereocenters. The summed E-state index contributed by atoms with van der Waals surface area (Å²) in [6.07, 6.45) is 1.26. The summed E-state index contributed by atoms with van der Waals surface area (Å²) in [5.74, 6) is 0.732. The fraction of sp³-hybridized carbons (Fsp3) is 0.250. The van der Waals surface area contributed by atoms with Crippen LogP contribution in [0, 0.1) is 5.92 Å². The van der Waals surface area contributed by atoms with Crippen LogP contribution in [-0.2, 0) is 5.54 Å². The molecule has 1 aliphatic heterocycles. The molecule has 0 bridgehead atoms. The fourth-order valence-corrected chi connectivity index (χ4v) is 4.33. The third-order valence-corrected chi connectivity index (χ3v) is 5.47. The fourth-order valence-electron chi connectivity index (χ4n) is 4.33. The molecule has 126 valence electrons. The third-order valence-electron chi connectivity index (χ3n) is 5.47. The van der Waals surface area contributed by atoms with E-state index < -0.39 is 0 Å². The third kappa shape index (κ3) is 2.79. The zero-order valence-corrected chi connectivity index (χ0v) is 14.8. The van der Waals surface area contributed by atoms with Crippen molar-refractivity contribution in [3.8, 4) is 0 Å². The van der Waals surface area contributed by atoms with E-state index in [1.54, 1.807) is 0 Å². The van der Waals surface area contributed by atoms with E-state index >= 15 is 0 Å². The summed E-state index contributed by atoms with van der Waals surface area (Å²) in [6, 6.07) is 33.0. The Morgan fingerprint density at radius 2 is 1.08 bits per heavy atom. The zero-order chi connectivity index (χ0) is 17.1. The molecule has 0 radical (unpaired) electrons. The van der Waals surface area contributed by atoms with Gasteiger partial charge in [0.15, 0.2) is 0 Å². The van der Waals surface area contributed by atoms with Crippen molar-refractivity contribution >= 4 is 0 Å². The lowest BCUT2D eigenvalue weighted by Gasteiger charge is -2.44. The van der Waals surface area contributed by atoms with Crippen LogP contribution in [0.25, 0.3) is 0 Å². The van der Waals surface area contributed by atoms with Gasteiger partial charge in [-0.2, -0.15) is 0 Å². The first-order valence-electron chi connectivity index (χ1n) is 9.23. The van der Waals surface area contributed by atoms with Gasteiger partial charge in [-0.25, -0.2) is 0 Å². The number of likely N-dealkylation sites (tertiary alicyclic amines) is 1. The highest BCUT2D eigenvalue weighted by Gasteiger charge is 2.44. The Morgan fingerprint density at radius 1 is 0.680 bits per heavy atom. The minimum Gasteiger partial charge on any atom is -0.286 e. The second kappa shape index (κ2) is 6.85. The van der Waals surface area contributed by atoms with Crippen molar-refractivity contribution < 1.29 is 0 Å². The van der Waals surface area contributed by atoms with Gasteiger partial charge in [0.1, 0.15) is 0 Å². The van der Waals surface area contributed by atoms with Gasteiger partial charge in [0.05, 0.1) is 5.54 Å². The highest BCUT2D eigenvalue weighted by molar-refractivity contribution is 5.49. The molecule has 1 saturated heterocycles. The molecule has 1 nitrogen and oxygen atoms in total. The second-order valence-electron chi connectivity index (χ2n) is 7.15. The molecule has 1 aliphatic rings. The molecule has 25 heavy (non-hydrogen) atoms. The number of nitrogens with zero attached hydrogens (tertiary/aromatic N) is 1. The zero-order valence-electron chi connectivity index (χ0n) is 14.8. The smallest absolute Gasteiger partial charge is 0.0973 e. The molecule has 0 aromatic heterocycles. The maximum atomic E-state index is 2.68. The van der Waals surface area contributed by atoms with Crippen molar-refractivity contribution in [1.29, 1.82) is 0 Å². The van der Waals surface area contributed by atoms with Crippen LogP contribution in [0.2, 0.25) is 0 Å². The normalized spacial score (nSPS) is 18.4. The largest absolute Gasteiger partial charge is 0.286 e. The van der Waals surface area contributed by atoms with E-state index in [2.05, 4.69) is 103 Å². The minimum atomic E-state index is -0.228. The van der Waals surface area contributed by atoms with E-state index in [0.29, 0.717) is 0 Å². The van der Waals surface area contributed by atoms with Crippen LogP contribution >= 0.6 is 0 Å². The van der Waals surface area contributed by atoms with Gasteiger partial charge in [-0.3, -0.25) is 4.90 Å². The van der Waals surface area contributed by atoms with E-state index in [1.807, 2.05) is 0 Å². The Kier molecular flexibility index (Phi) is 4.42. The number of hydrogen-bond acceptors (Lipinski definition) is 1. The lowest BCUT2D eigenvalue weighted by atomic mass is 9.75. The Labute approximate surface area is 150 Å². The molecule has 4 rings (SSSR count). The summed E-state index contributed by atoms with van der Waals surface area (Å²) in [7, 11) is 0. The first-order valence-corrected chi connectivity index (χ1v) is 9.23. The highest BCUT2D eigenvalue weighted by atomic mass is 15.2. The monoisotopic (exact) mass is 327 g/mol. The second-order valence-corrected chi connectivity index (χ2v) is 7.15. The van der Waals surface area contributed by atoms with Crippen LogP contribution in [0.1, 0.15) is 30.0 Å². The number of hydrogen-bond donors (Lipinski definition) is 0.